The first-order valence-electron chi connectivity index (χ1n) is 15.3. The lowest BCUT2D eigenvalue weighted by Crippen LogP contribution is -2.58. The van der Waals surface area contributed by atoms with Crippen molar-refractivity contribution < 1.29 is 18.9 Å². The van der Waals surface area contributed by atoms with E-state index in [4.69, 9.17) is 0 Å². The summed E-state index contributed by atoms with van der Waals surface area (Å²) in [4.78, 5) is 41.8. The summed E-state index contributed by atoms with van der Waals surface area (Å²) in [5.74, 6) is -0.224. The van der Waals surface area contributed by atoms with Crippen molar-refractivity contribution >= 4 is 17.7 Å². The molecule has 1 fully saturated rings. The Morgan fingerprint density at radius 2 is 1.43 bits per heavy atom. The van der Waals surface area contributed by atoms with Crippen LogP contribution in [-0.4, -0.2) is 66.4 Å². The number of hydrogen-bond acceptors (Lipinski definition) is 3. The zero-order valence-electron chi connectivity index (χ0n) is 26.3. The molecule has 0 aliphatic carbocycles. The molecule has 0 spiro atoms. The number of quaternary nitrogens is 1. The molecule has 40 heavy (non-hydrogen) atoms. The zero-order valence-corrected chi connectivity index (χ0v) is 26.3. The Morgan fingerprint density at radius 1 is 0.875 bits per heavy atom. The Labute approximate surface area is 243 Å². The Balaban J connectivity index is 0.00000391. The van der Waals surface area contributed by atoms with Gasteiger partial charge in [-0.05, 0) is 70.4 Å². The van der Waals surface area contributed by atoms with Crippen LogP contribution < -0.4 is 10.6 Å². The quantitative estimate of drug-likeness (QED) is 0.186. The smallest absolute Gasteiger partial charge is 0.279 e. The highest BCUT2D eigenvalue weighted by molar-refractivity contribution is 5.95. The van der Waals surface area contributed by atoms with Crippen molar-refractivity contribution in [2.45, 2.75) is 93.5 Å². The Hall–Kier alpha value is -2.93. The maximum absolute atomic E-state index is 13.5. The van der Waals surface area contributed by atoms with Crippen LogP contribution in [0.15, 0.2) is 53.3 Å². The molecule has 0 unspecified atom stereocenters. The van der Waals surface area contributed by atoms with E-state index < -0.39 is 0 Å². The van der Waals surface area contributed by atoms with Gasteiger partial charge in [-0.15, -0.1) is 0 Å². The summed E-state index contributed by atoms with van der Waals surface area (Å²) in [6.07, 6.45) is 7.92. The van der Waals surface area contributed by atoms with Crippen LogP contribution in [0, 0.1) is 0 Å². The van der Waals surface area contributed by atoms with Gasteiger partial charge in [-0.25, -0.2) is 0 Å². The molecule has 1 aromatic rings. The summed E-state index contributed by atoms with van der Waals surface area (Å²) in [5, 5.41) is 6.14. The average Bonchev–Trinajstić information content (AvgIpc) is 3.20. The van der Waals surface area contributed by atoms with Crippen molar-refractivity contribution in [1.29, 1.82) is 0 Å². The molecule has 1 heterocycles. The minimum atomic E-state index is -0.149. The average molecular weight is 556 g/mol. The third kappa shape index (κ3) is 11.7. The van der Waals surface area contributed by atoms with Crippen LogP contribution in [0.2, 0.25) is 0 Å². The van der Waals surface area contributed by atoms with Gasteiger partial charge in [0.15, 0.2) is 13.1 Å². The van der Waals surface area contributed by atoms with Gasteiger partial charge in [-0.2, -0.15) is 0 Å². The highest BCUT2D eigenvalue weighted by atomic mass is 16.2. The molecule has 2 rings (SSSR count). The van der Waals surface area contributed by atoms with Crippen LogP contribution in [0.4, 0.5) is 0 Å². The highest BCUT2D eigenvalue weighted by Gasteiger charge is 2.34. The monoisotopic (exact) mass is 555 g/mol. The molecule has 2 N–H and O–H groups in total. The lowest BCUT2D eigenvalue weighted by Gasteiger charge is -2.36. The molecule has 3 amide bonds. The number of carbonyl (C=O) groups is 3. The molecule has 0 bridgehead atoms. The summed E-state index contributed by atoms with van der Waals surface area (Å²) in [6, 6.07) is 9.87. The summed E-state index contributed by atoms with van der Waals surface area (Å²) in [6.45, 7) is 17.7. The van der Waals surface area contributed by atoms with Crippen molar-refractivity contribution in [2.75, 3.05) is 39.3 Å². The van der Waals surface area contributed by atoms with Crippen molar-refractivity contribution in [1.82, 2.24) is 15.5 Å². The molecule has 0 aromatic heterocycles. The van der Waals surface area contributed by atoms with E-state index in [0.29, 0.717) is 35.4 Å². The number of allylic oxidation sites excluding steroid dienone is 2. The first kappa shape index (κ1) is 35.1. The van der Waals surface area contributed by atoms with E-state index in [2.05, 4.69) is 24.5 Å². The van der Waals surface area contributed by atoms with Gasteiger partial charge in [0.1, 0.15) is 0 Å². The van der Waals surface area contributed by atoms with E-state index in [9.17, 15) is 14.4 Å². The van der Waals surface area contributed by atoms with Crippen LogP contribution in [0.3, 0.4) is 0 Å². The maximum Gasteiger partial charge on any atom is 0.279 e. The molecule has 7 heteroatoms. The predicted molar refractivity (Wildman–Crippen MR) is 165 cm³/mol. The second-order valence-corrected chi connectivity index (χ2v) is 10.6. The minimum Gasteiger partial charge on any atom is -0.347 e. The summed E-state index contributed by atoms with van der Waals surface area (Å²) < 4.78 is 0.444. The molecule has 1 aliphatic heterocycles. The minimum absolute atomic E-state index is 0.0370. The number of nitrogens with one attached hydrogen (secondary N) is 2. The number of nitrogens with zero attached hydrogens (tertiary/aromatic N) is 2. The molecule has 1 aliphatic rings. The first-order chi connectivity index (χ1) is 19.2. The largest absolute Gasteiger partial charge is 0.347 e. The molecule has 0 saturated carbocycles. The lowest BCUT2D eigenvalue weighted by molar-refractivity contribution is -0.912. The van der Waals surface area contributed by atoms with Gasteiger partial charge in [-0.1, -0.05) is 64.1 Å². The van der Waals surface area contributed by atoms with Crippen LogP contribution in [0.5, 0.6) is 0 Å². The van der Waals surface area contributed by atoms with Gasteiger partial charge in [0.05, 0.1) is 18.8 Å². The molecule has 0 atom stereocenters. The van der Waals surface area contributed by atoms with Crippen molar-refractivity contribution in [3.8, 4) is 0 Å². The molecule has 1 aromatic carbocycles. The molecule has 7 nitrogen and oxygen atoms in total. The SMILES string of the molecule is C/C=C(C)\C(NC(=O)C[N+]1(CC(=O)NCc2ccccc2)CCCCCC1)=C(/C)C(=O)N(CCC)CCC.CC. The third-order valence-corrected chi connectivity index (χ3v) is 7.37. The molecule has 224 valence electrons. The van der Waals surface area contributed by atoms with Crippen LogP contribution in [0.25, 0.3) is 0 Å². The summed E-state index contributed by atoms with van der Waals surface area (Å²) >= 11 is 0. The van der Waals surface area contributed by atoms with E-state index in [1.807, 2.05) is 69.0 Å². The van der Waals surface area contributed by atoms with E-state index in [0.717, 1.165) is 62.8 Å². The van der Waals surface area contributed by atoms with Gasteiger partial charge in [0, 0.05) is 25.2 Å². The second-order valence-electron chi connectivity index (χ2n) is 10.6. The van der Waals surface area contributed by atoms with Crippen LogP contribution >= 0.6 is 0 Å². The van der Waals surface area contributed by atoms with E-state index in [-0.39, 0.29) is 30.8 Å². The van der Waals surface area contributed by atoms with Gasteiger partial charge in [-0.3, -0.25) is 14.4 Å². The Bertz CT molecular complexity index is 971. The van der Waals surface area contributed by atoms with Crippen LogP contribution in [-0.2, 0) is 20.9 Å². The fraction of sp³-hybridized carbons (Fsp3) is 0.606. The molecular formula is C33H55N4O3+. The Kier molecular flexibility index (Phi) is 16.8. The van der Waals surface area contributed by atoms with Gasteiger partial charge >= 0.3 is 0 Å². The number of amides is 3. The van der Waals surface area contributed by atoms with Gasteiger partial charge in [0.25, 0.3) is 17.7 Å². The number of hydrogen-bond donors (Lipinski definition) is 2. The third-order valence-electron chi connectivity index (χ3n) is 7.37. The fourth-order valence-corrected chi connectivity index (χ4v) is 5.20. The van der Waals surface area contributed by atoms with Crippen molar-refractivity contribution in [2.24, 2.45) is 0 Å². The lowest BCUT2D eigenvalue weighted by atomic mass is 10.1. The number of rotatable bonds is 13. The van der Waals surface area contributed by atoms with Gasteiger partial charge < -0.3 is 20.0 Å². The maximum atomic E-state index is 13.5. The van der Waals surface area contributed by atoms with E-state index in [1.54, 1.807) is 6.92 Å². The number of likely N-dealkylation sites (tertiary alicyclic amines) is 1. The molecular weight excluding hydrogens is 500 g/mol. The van der Waals surface area contributed by atoms with Crippen molar-refractivity contribution in [3.63, 3.8) is 0 Å². The molecule has 0 radical (unpaired) electrons. The number of carbonyl (C=O) groups excluding carboxylic acids is 3. The number of benzene rings is 1. The topological polar surface area (TPSA) is 78.5 Å². The van der Waals surface area contributed by atoms with E-state index in [1.165, 1.54) is 0 Å². The predicted octanol–water partition coefficient (Wildman–Crippen LogP) is 5.72. The normalized spacial score (nSPS) is 15.5. The summed E-state index contributed by atoms with van der Waals surface area (Å²) in [5.41, 5.74) is 3.05. The highest BCUT2D eigenvalue weighted by Crippen LogP contribution is 2.20. The standard InChI is InChI=1S/C31H48N4O3.C2H6/c1-6-18-34(19-7-2)31(38)26(5)30(25(4)8-3)33-29(37)24-35(20-14-9-10-15-21-35)23-28(36)32-22-27-16-12-11-13-17-27;1-2/h8,11-13,16-17H,6-7,9-10,14-15,18-24H2,1-5H3,(H-,32,33,36,37,38);1-2H3/p+1/b25-8-;. The first-order valence-corrected chi connectivity index (χ1v) is 15.3. The second kappa shape index (κ2) is 19.2. The zero-order chi connectivity index (χ0) is 30.0. The van der Waals surface area contributed by atoms with Gasteiger partial charge in [0.2, 0.25) is 0 Å². The van der Waals surface area contributed by atoms with Crippen LogP contribution in [0.1, 0.15) is 92.6 Å². The molecule has 1 saturated heterocycles. The van der Waals surface area contributed by atoms with E-state index >= 15 is 0 Å². The fourth-order valence-electron chi connectivity index (χ4n) is 5.20. The Morgan fingerprint density at radius 3 is 1.95 bits per heavy atom. The summed E-state index contributed by atoms with van der Waals surface area (Å²) in [7, 11) is 0. The van der Waals surface area contributed by atoms with Crippen molar-refractivity contribution in [3.05, 3.63) is 58.8 Å².